The zero-order chi connectivity index (χ0) is 11.5. The molecule has 15 heavy (non-hydrogen) atoms. The van der Waals surface area contributed by atoms with Gasteiger partial charge < -0.3 is 5.73 Å². The normalized spacial score (nSPS) is 23.5. The Kier molecular flexibility index (Phi) is 4.48. The monoisotopic (exact) mass is 250 g/mol. The van der Waals surface area contributed by atoms with Gasteiger partial charge in [0.15, 0.2) is 9.84 Å². The second-order valence-corrected chi connectivity index (χ2v) is 6.75. The molecule has 0 saturated carbocycles. The van der Waals surface area contributed by atoms with Gasteiger partial charge in [0.05, 0.1) is 16.5 Å². The Morgan fingerprint density at radius 3 is 2.40 bits per heavy atom. The first-order chi connectivity index (χ1) is 6.94. The molecule has 0 amide bonds. The summed E-state index contributed by atoms with van der Waals surface area (Å²) in [5.41, 5.74) is 5.52. The van der Waals surface area contributed by atoms with Crippen molar-refractivity contribution in [3.63, 3.8) is 0 Å². The first kappa shape index (κ1) is 12.9. The number of rotatable bonds is 4. The standard InChI is InChI=1S/C9H18N2O2S2/c1-2-8(7-9(10)14)11-3-5-15(12,13)6-4-11/h8H,2-7H2,1H3,(H2,10,14). The summed E-state index contributed by atoms with van der Waals surface area (Å²) in [5.74, 6) is 0.529. The first-order valence-electron chi connectivity index (χ1n) is 5.17. The second-order valence-electron chi connectivity index (χ2n) is 3.92. The predicted molar refractivity (Wildman–Crippen MR) is 65.7 cm³/mol. The molecule has 1 atom stereocenters. The highest BCUT2D eigenvalue weighted by Crippen LogP contribution is 2.13. The lowest BCUT2D eigenvalue weighted by Crippen LogP contribution is -2.46. The van der Waals surface area contributed by atoms with Gasteiger partial charge in [-0.25, -0.2) is 8.42 Å². The third-order valence-electron chi connectivity index (χ3n) is 2.80. The van der Waals surface area contributed by atoms with Crippen LogP contribution in [-0.2, 0) is 9.84 Å². The van der Waals surface area contributed by atoms with Gasteiger partial charge in [0, 0.05) is 25.6 Å². The van der Waals surface area contributed by atoms with Crippen molar-refractivity contribution in [2.45, 2.75) is 25.8 Å². The molecule has 0 bridgehead atoms. The molecule has 0 spiro atoms. The van der Waals surface area contributed by atoms with Crippen LogP contribution in [0.15, 0.2) is 0 Å². The lowest BCUT2D eigenvalue weighted by Gasteiger charge is -2.33. The summed E-state index contributed by atoms with van der Waals surface area (Å²) in [6, 6.07) is 0.304. The van der Waals surface area contributed by atoms with E-state index < -0.39 is 9.84 Å². The minimum atomic E-state index is -2.79. The Hall–Kier alpha value is -0.200. The minimum Gasteiger partial charge on any atom is -0.393 e. The Morgan fingerprint density at radius 2 is 2.00 bits per heavy atom. The van der Waals surface area contributed by atoms with E-state index in [0.717, 1.165) is 6.42 Å². The summed E-state index contributed by atoms with van der Waals surface area (Å²) >= 11 is 4.89. The van der Waals surface area contributed by atoms with Crippen LogP contribution in [-0.4, -0.2) is 48.9 Å². The van der Waals surface area contributed by atoms with Crippen molar-refractivity contribution in [1.29, 1.82) is 0 Å². The van der Waals surface area contributed by atoms with Crippen molar-refractivity contribution in [2.75, 3.05) is 24.6 Å². The van der Waals surface area contributed by atoms with Crippen molar-refractivity contribution >= 4 is 27.0 Å². The van der Waals surface area contributed by atoms with Gasteiger partial charge in [-0.2, -0.15) is 0 Å². The lowest BCUT2D eigenvalue weighted by molar-refractivity contribution is 0.211. The van der Waals surface area contributed by atoms with E-state index in [4.69, 9.17) is 18.0 Å². The number of sulfone groups is 1. The molecule has 1 rings (SSSR count). The molecular weight excluding hydrogens is 232 g/mol. The van der Waals surface area contributed by atoms with Crippen LogP contribution in [0.1, 0.15) is 19.8 Å². The van der Waals surface area contributed by atoms with E-state index in [1.54, 1.807) is 0 Å². The highest BCUT2D eigenvalue weighted by Gasteiger charge is 2.26. The molecule has 1 saturated heterocycles. The van der Waals surface area contributed by atoms with E-state index >= 15 is 0 Å². The van der Waals surface area contributed by atoms with E-state index in [1.165, 1.54) is 0 Å². The minimum absolute atomic E-state index is 0.265. The molecule has 6 heteroatoms. The molecule has 1 fully saturated rings. The molecule has 88 valence electrons. The number of nitrogens with zero attached hydrogens (tertiary/aromatic N) is 1. The summed E-state index contributed by atoms with van der Waals surface area (Å²) in [4.78, 5) is 2.69. The summed E-state index contributed by atoms with van der Waals surface area (Å²) < 4.78 is 22.5. The highest BCUT2D eigenvalue weighted by molar-refractivity contribution is 7.91. The Bertz CT molecular complexity index is 313. The molecule has 4 nitrogen and oxygen atoms in total. The first-order valence-corrected chi connectivity index (χ1v) is 7.40. The van der Waals surface area contributed by atoms with Gasteiger partial charge in [-0.3, -0.25) is 4.90 Å². The molecule has 0 aromatic rings. The Morgan fingerprint density at radius 1 is 1.47 bits per heavy atom. The molecule has 0 aromatic heterocycles. The van der Waals surface area contributed by atoms with Crippen molar-refractivity contribution in [2.24, 2.45) is 5.73 Å². The van der Waals surface area contributed by atoms with Crippen LogP contribution < -0.4 is 5.73 Å². The quantitative estimate of drug-likeness (QED) is 0.721. The average molecular weight is 250 g/mol. The molecule has 1 aliphatic rings. The van der Waals surface area contributed by atoms with E-state index in [1.807, 2.05) is 0 Å². The molecule has 1 unspecified atom stereocenters. The van der Waals surface area contributed by atoms with Crippen molar-refractivity contribution < 1.29 is 8.42 Å². The van der Waals surface area contributed by atoms with Gasteiger partial charge in [0.2, 0.25) is 0 Å². The van der Waals surface area contributed by atoms with E-state index in [-0.39, 0.29) is 11.5 Å². The number of nitrogens with two attached hydrogens (primary N) is 1. The van der Waals surface area contributed by atoms with Crippen LogP contribution >= 0.6 is 12.2 Å². The smallest absolute Gasteiger partial charge is 0.152 e. The van der Waals surface area contributed by atoms with Crippen LogP contribution in [0, 0.1) is 0 Å². The van der Waals surface area contributed by atoms with Crippen molar-refractivity contribution in [3.05, 3.63) is 0 Å². The maximum Gasteiger partial charge on any atom is 0.152 e. The van der Waals surface area contributed by atoms with Gasteiger partial charge in [-0.15, -0.1) is 0 Å². The van der Waals surface area contributed by atoms with Crippen molar-refractivity contribution in [3.8, 4) is 0 Å². The zero-order valence-corrected chi connectivity index (χ0v) is 10.6. The predicted octanol–water partition coefficient (Wildman–Crippen LogP) is 0.172. The van der Waals surface area contributed by atoms with E-state index in [9.17, 15) is 8.42 Å². The van der Waals surface area contributed by atoms with Gasteiger partial charge in [0.1, 0.15) is 0 Å². The molecule has 0 aromatic carbocycles. The van der Waals surface area contributed by atoms with Crippen LogP contribution in [0.5, 0.6) is 0 Å². The Labute approximate surface area is 96.7 Å². The van der Waals surface area contributed by atoms with Crippen LogP contribution in [0.4, 0.5) is 0 Å². The van der Waals surface area contributed by atoms with Gasteiger partial charge >= 0.3 is 0 Å². The highest BCUT2D eigenvalue weighted by atomic mass is 32.2. The van der Waals surface area contributed by atoms with Gasteiger partial charge in [-0.05, 0) is 6.42 Å². The van der Waals surface area contributed by atoms with Crippen LogP contribution in [0.3, 0.4) is 0 Å². The van der Waals surface area contributed by atoms with E-state index in [0.29, 0.717) is 30.5 Å². The Balaban J connectivity index is 2.53. The molecule has 1 heterocycles. The lowest BCUT2D eigenvalue weighted by atomic mass is 10.1. The summed E-state index contributed by atoms with van der Waals surface area (Å²) in [6.45, 7) is 3.30. The largest absolute Gasteiger partial charge is 0.393 e. The van der Waals surface area contributed by atoms with Crippen molar-refractivity contribution in [1.82, 2.24) is 4.90 Å². The summed E-state index contributed by atoms with van der Waals surface area (Å²) in [5, 5.41) is 0. The third kappa shape index (κ3) is 4.04. The van der Waals surface area contributed by atoms with Gasteiger partial charge in [0.25, 0.3) is 0 Å². The third-order valence-corrected chi connectivity index (χ3v) is 4.58. The SMILES string of the molecule is CCC(CC(N)=S)N1CCS(=O)(=O)CC1. The molecule has 0 radical (unpaired) electrons. The summed E-state index contributed by atoms with van der Waals surface area (Å²) in [6.07, 6.45) is 1.64. The maximum atomic E-state index is 11.3. The molecule has 1 aliphatic heterocycles. The fraction of sp³-hybridized carbons (Fsp3) is 0.889. The molecule has 2 N–H and O–H groups in total. The van der Waals surface area contributed by atoms with Gasteiger partial charge in [-0.1, -0.05) is 19.1 Å². The second kappa shape index (κ2) is 5.23. The summed E-state index contributed by atoms with van der Waals surface area (Å²) in [7, 11) is -2.79. The number of hydrogen-bond donors (Lipinski definition) is 1. The topological polar surface area (TPSA) is 63.4 Å². The average Bonchev–Trinajstić information content (AvgIpc) is 2.14. The fourth-order valence-electron chi connectivity index (χ4n) is 1.86. The fourth-order valence-corrected chi connectivity index (χ4v) is 3.28. The maximum absolute atomic E-state index is 11.3. The number of thiocarbonyl (C=S) groups is 1. The molecular formula is C9H18N2O2S2. The van der Waals surface area contributed by atoms with E-state index in [2.05, 4.69) is 11.8 Å². The number of hydrogen-bond acceptors (Lipinski definition) is 4. The molecule has 0 aliphatic carbocycles. The zero-order valence-electron chi connectivity index (χ0n) is 8.98. The van der Waals surface area contributed by atoms with Crippen LogP contribution in [0.2, 0.25) is 0 Å². The van der Waals surface area contributed by atoms with Crippen LogP contribution in [0.25, 0.3) is 0 Å².